The van der Waals surface area contributed by atoms with Gasteiger partial charge in [0.15, 0.2) is 11.5 Å². The Kier molecular flexibility index (Phi) is 6.73. The molecule has 186 valence electrons. The minimum atomic E-state index is -0.783. The van der Waals surface area contributed by atoms with Crippen LogP contribution in [0.2, 0.25) is 0 Å². The van der Waals surface area contributed by atoms with Crippen LogP contribution in [0.25, 0.3) is 0 Å². The highest BCUT2D eigenvalue weighted by molar-refractivity contribution is 6.01. The first-order valence-corrected chi connectivity index (χ1v) is 11.9. The minimum absolute atomic E-state index is 0.127. The van der Waals surface area contributed by atoms with E-state index in [1.807, 2.05) is 36.4 Å². The number of hydrogen-bond acceptors (Lipinski definition) is 7. The van der Waals surface area contributed by atoms with Crippen LogP contribution in [0.1, 0.15) is 40.5 Å². The van der Waals surface area contributed by atoms with Crippen LogP contribution in [-0.2, 0) is 11.3 Å². The number of para-hydroxylation sites is 1. The molecule has 2 atom stereocenters. The predicted molar refractivity (Wildman–Crippen MR) is 133 cm³/mol. The highest BCUT2D eigenvalue weighted by atomic mass is 16.6. The Morgan fingerprint density at radius 2 is 1.89 bits per heavy atom. The third-order valence-electron chi connectivity index (χ3n) is 6.49. The van der Waals surface area contributed by atoms with Crippen molar-refractivity contribution in [1.82, 2.24) is 4.90 Å². The SMILES string of the molecule is COc1cc([C@@H]2Nc3ccccc3C(=O)N2C[C@H]2CCCO2)c([N+](=O)[O-])cc1OCc1ccccc1. The maximum absolute atomic E-state index is 13.6. The van der Waals surface area contributed by atoms with Crippen LogP contribution in [0.4, 0.5) is 11.4 Å². The summed E-state index contributed by atoms with van der Waals surface area (Å²) in [5, 5.41) is 15.6. The molecule has 3 aromatic rings. The maximum atomic E-state index is 13.6. The fourth-order valence-electron chi connectivity index (χ4n) is 4.68. The van der Waals surface area contributed by atoms with Gasteiger partial charge >= 0.3 is 0 Å². The zero-order chi connectivity index (χ0) is 25.1. The number of nitrogens with zero attached hydrogens (tertiary/aromatic N) is 2. The topological polar surface area (TPSA) is 103 Å². The second-order valence-electron chi connectivity index (χ2n) is 8.78. The van der Waals surface area contributed by atoms with Gasteiger partial charge in [0, 0.05) is 18.8 Å². The highest BCUT2D eigenvalue weighted by Gasteiger charge is 2.39. The number of nitro benzene ring substituents is 1. The van der Waals surface area contributed by atoms with Crippen molar-refractivity contribution < 1.29 is 23.9 Å². The molecule has 0 saturated carbocycles. The first-order valence-electron chi connectivity index (χ1n) is 11.9. The van der Waals surface area contributed by atoms with Gasteiger partial charge in [0.25, 0.3) is 11.6 Å². The Hall–Kier alpha value is -4.11. The van der Waals surface area contributed by atoms with Gasteiger partial charge in [-0.1, -0.05) is 42.5 Å². The lowest BCUT2D eigenvalue weighted by atomic mass is 10.0. The van der Waals surface area contributed by atoms with Crippen LogP contribution in [0, 0.1) is 10.1 Å². The van der Waals surface area contributed by atoms with E-state index in [0.29, 0.717) is 35.7 Å². The monoisotopic (exact) mass is 489 g/mol. The van der Waals surface area contributed by atoms with E-state index in [1.54, 1.807) is 29.2 Å². The van der Waals surface area contributed by atoms with Gasteiger partial charge in [0.1, 0.15) is 12.8 Å². The molecule has 0 radical (unpaired) electrons. The van der Waals surface area contributed by atoms with Crippen LogP contribution in [0.5, 0.6) is 11.5 Å². The van der Waals surface area contributed by atoms with Gasteiger partial charge in [-0.15, -0.1) is 0 Å². The van der Waals surface area contributed by atoms with Gasteiger partial charge in [0.05, 0.1) is 35.3 Å². The number of amides is 1. The fraction of sp³-hybridized carbons (Fsp3) is 0.296. The number of hydrogen-bond donors (Lipinski definition) is 1. The Balaban J connectivity index is 1.54. The summed E-state index contributed by atoms with van der Waals surface area (Å²) in [4.78, 5) is 26.9. The standard InChI is InChI=1S/C27H27N3O6/c1-34-24-14-21(23(30(32)33)15-25(24)36-17-18-8-3-2-4-9-18)26-28-22-12-6-5-11-20(22)27(31)29(26)16-19-10-7-13-35-19/h2-6,8-9,11-12,14-15,19,26,28H,7,10,13,16-17H2,1H3/t19-,26-/m1/s1. The number of ether oxygens (including phenoxy) is 3. The van der Waals surface area contributed by atoms with Crippen LogP contribution in [-0.4, -0.2) is 42.1 Å². The van der Waals surface area contributed by atoms with Crippen LogP contribution in [0.3, 0.4) is 0 Å². The van der Waals surface area contributed by atoms with Crippen molar-refractivity contribution in [2.24, 2.45) is 0 Å². The summed E-state index contributed by atoms with van der Waals surface area (Å²) in [6, 6.07) is 19.6. The lowest BCUT2D eigenvalue weighted by molar-refractivity contribution is -0.386. The van der Waals surface area contributed by atoms with Crippen molar-refractivity contribution in [2.45, 2.75) is 31.7 Å². The summed E-state index contributed by atoms with van der Waals surface area (Å²) in [5.41, 5.74) is 2.20. The van der Waals surface area contributed by atoms with Crippen molar-refractivity contribution in [3.63, 3.8) is 0 Å². The maximum Gasteiger partial charge on any atom is 0.280 e. The summed E-state index contributed by atoms with van der Waals surface area (Å²) in [5.74, 6) is 0.393. The van der Waals surface area contributed by atoms with E-state index in [9.17, 15) is 14.9 Å². The number of benzene rings is 3. The summed E-state index contributed by atoms with van der Waals surface area (Å²) >= 11 is 0. The number of nitro groups is 1. The predicted octanol–water partition coefficient (Wildman–Crippen LogP) is 4.93. The van der Waals surface area contributed by atoms with E-state index < -0.39 is 11.1 Å². The van der Waals surface area contributed by atoms with Gasteiger partial charge in [0.2, 0.25) is 0 Å². The lowest BCUT2D eigenvalue weighted by Gasteiger charge is -2.39. The number of carbonyl (C=O) groups is 1. The van der Waals surface area contributed by atoms with Gasteiger partial charge in [-0.05, 0) is 36.6 Å². The summed E-state index contributed by atoms with van der Waals surface area (Å²) < 4.78 is 17.3. The molecule has 0 aromatic heterocycles. The molecule has 1 amide bonds. The van der Waals surface area contributed by atoms with Crippen LogP contribution < -0.4 is 14.8 Å². The van der Waals surface area contributed by atoms with Crippen LogP contribution >= 0.6 is 0 Å². The quantitative estimate of drug-likeness (QED) is 0.354. The van der Waals surface area contributed by atoms with E-state index in [0.717, 1.165) is 18.4 Å². The Morgan fingerprint density at radius 3 is 2.61 bits per heavy atom. The molecule has 1 fully saturated rings. The van der Waals surface area contributed by atoms with E-state index in [2.05, 4.69) is 5.32 Å². The molecule has 9 heteroatoms. The fourth-order valence-corrected chi connectivity index (χ4v) is 4.68. The van der Waals surface area contributed by atoms with Gasteiger partial charge in [-0.3, -0.25) is 14.9 Å². The smallest absolute Gasteiger partial charge is 0.280 e. The van der Waals surface area contributed by atoms with Crippen molar-refractivity contribution in [3.05, 3.63) is 93.5 Å². The van der Waals surface area contributed by atoms with Crippen molar-refractivity contribution in [2.75, 3.05) is 25.6 Å². The molecule has 3 aromatic carbocycles. The van der Waals surface area contributed by atoms with Crippen molar-refractivity contribution in [3.8, 4) is 11.5 Å². The number of anilines is 1. The van der Waals surface area contributed by atoms with Crippen LogP contribution in [0.15, 0.2) is 66.7 Å². The highest BCUT2D eigenvalue weighted by Crippen LogP contribution is 2.42. The average molecular weight is 490 g/mol. The summed E-state index contributed by atoms with van der Waals surface area (Å²) in [7, 11) is 1.49. The molecular weight excluding hydrogens is 462 g/mol. The second kappa shape index (κ2) is 10.2. The molecular formula is C27H27N3O6. The Bertz CT molecular complexity index is 1260. The molecule has 0 bridgehead atoms. The number of methoxy groups -OCH3 is 1. The second-order valence-corrected chi connectivity index (χ2v) is 8.78. The van der Waals surface area contributed by atoms with E-state index in [4.69, 9.17) is 14.2 Å². The van der Waals surface area contributed by atoms with E-state index >= 15 is 0 Å². The average Bonchev–Trinajstić information content (AvgIpc) is 3.42. The zero-order valence-corrected chi connectivity index (χ0v) is 19.9. The molecule has 0 spiro atoms. The molecule has 9 nitrogen and oxygen atoms in total. The van der Waals surface area contributed by atoms with Gasteiger partial charge in [-0.25, -0.2) is 0 Å². The third-order valence-corrected chi connectivity index (χ3v) is 6.49. The summed E-state index contributed by atoms with van der Waals surface area (Å²) in [6.07, 6.45) is 0.838. The largest absolute Gasteiger partial charge is 0.493 e. The Labute approximate surface area is 208 Å². The van der Waals surface area contributed by atoms with Gasteiger partial charge in [-0.2, -0.15) is 0 Å². The zero-order valence-electron chi connectivity index (χ0n) is 19.9. The number of rotatable bonds is 8. The Morgan fingerprint density at radius 1 is 1.11 bits per heavy atom. The van der Waals surface area contributed by atoms with Crippen molar-refractivity contribution in [1.29, 1.82) is 0 Å². The molecule has 1 saturated heterocycles. The van der Waals surface area contributed by atoms with E-state index in [-0.39, 0.29) is 30.1 Å². The molecule has 2 aliphatic rings. The molecule has 1 N–H and O–H groups in total. The first-order chi connectivity index (χ1) is 17.5. The molecule has 2 aliphatic heterocycles. The minimum Gasteiger partial charge on any atom is -0.493 e. The lowest BCUT2D eigenvalue weighted by Crippen LogP contribution is -2.46. The number of nitrogens with one attached hydrogen (secondary N) is 1. The third kappa shape index (κ3) is 4.70. The number of fused-ring (bicyclic) bond motifs is 1. The molecule has 0 unspecified atom stereocenters. The normalized spacial score (nSPS) is 18.9. The molecule has 0 aliphatic carbocycles. The van der Waals surface area contributed by atoms with Crippen molar-refractivity contribution >= 4 is 17.3 Å². The molecule has 5 rings (SSSR count). The molecule has 36 heavy (non-hydrogen) atoms. The number of carbonyl (C=O) groups excluding carboxylic acids is 1. The first kappa shape index (κ1) is 23.6. The van der Waals surface area contributed by atoms with Gasteiger partial charge < -0.3 is 24.4 Å². The van der Waals surface area contributed by atoms with E-state index in [1.165, 1.54) is 13.2 Å². The summed E-state index contributed by atoms with van der Waals surface area (Å²) in [6.45, 7) is 1.19. The molecule has 2 heterocycles.